The van der Waals surface area contributed by atoms with Crippen molar-refractivity contribution in [3.8, 4) is 6.07 Å². The van der Waals surface area contributed by atoms with Gasteiger partial charge in [0.1, 0.15) is 6.61 Å². The van der Waals surface area contributed by atoms with Gasteiger partial charge in [0.15, 0.2) is 0 Å². The van der Waals surface area contributed by atoms with Crippen LogP contribution in [0.3, 0.4) is 0 Å². The Hall–Kier alpha value is -1.57. The summed E-state index contributed by atoms with van der Waals surface area (Å²) in [5.74, 6) is -0.439. The highest BCUT2D eigenvalue weighted by Crippen LogP contribution is 2.26. The van der Waals surface area contributed by atoms with Gasteiger partial charge in [-0.05, 0) is 18.8 Å². The fourth-order valence-corrected chi connectivity index (χ4v) is 1.90. The number of nitriles is 1. The molecule has 1 rings (SSSR count). The van der Waals surface area contributed by atoms with Crippen molar-refractivity contribution in [2.24, 2.45) is 5.92 Å². The highest BCUT2D eigenvalue weighted by Gasteiger charge is 2.17. The molecule has 0 heterocycles. The number of carbonyl (C=O) groups excluding carboxylic acids is 1. The van der Waals surface area contributed by atoms with Crippen molar-refractivity contribution in [1.82, 2.24) is 0 Å². The molecule has 1 saturated carbocycles. The zero-order chi connectivity index (χ0) is 13.8. The summed E-state index contributed by atoms with van der Waals surface area (Å²) in [7, 11) is 0. The standard InChI is InChI=1S/C11H17NO2.C2H4O2/c12-7-4-8-14-11(13)9-10-5-2-1-3-6-10;1-2(3)4/h10H,1-6,8-9H2;1H3,(H,3,4). The van der Waals surface area contributed by atoms with Gasteiger partial charge in [-0.3, -0.25) is 9.59 Å². The Kier molecular flexibility index (Phi) is 9.65. The largest absolute Gasteiger partial charge is 0.481 e. The molecule has 0 bridgehead atoms. The summed E-state index contributed by atoms with van der Waals surface area (Å²) in [5.41, 5.74) is 0. The Bertz CT molecular complexity index is 286. The molecule has 0 unspecified atom stereocenters. The summed E-state index contributed by atoms with van der Waals surface area (Å²) < 4.78 is 4.92. The third-order valence-corrected chi connectivity index (χ3v) is 2.66. The molecule has 1 fully saturated rings. The number of rotatable bonds is 4. The van der Waals surface area contributed by atoms with Gasteiger partial charge in [0.05, 0.1) is 12.5 Å². The number of carbonyl (C=O) groups is 2. The fourth-order valence-electron chi connectivity index (χ4n) is 1.90. The van der Waals surface area contributed by atoms with Crippen LogP contribution in [0, 0.1) is 17.2 Å². The minimum atomic E-state index is -0.833. The van der Waals surface area contributed by atoms with Crippen molar-refractivity contribution >= 4 is 11.9 Å². The lowest BCUT2D eigenvalue weighted by atomic mass is 9.87. The molecule has 1 aliphatic carbocycles. The summed E-state index contributed by atoms with van der Waals surface area (Å²) >= 11 is 0. The molecule has 0 aromatic rings. The first-order valence-electron chi connectivity index (χ1n) is 6.28. The van der Waals surface area contributed by atoms with Gasteiger partial charge in [-0.2, -0.15) is 5.26 Å². The minimum absolute atomic E-state index is 0.132. The average molecular weight is 255 g/mol. The second-order valence-electron chi connectivity index (χ2n) is 4.36. The maximum Gasteiger partial charge on any atom is 0.306 e. The highest BCUT2D eigenvalue weighted by molar-refractivity contribution is 5.69. The van der Waals surface area contributed by atoms with E-state index in [0.29, 0.717) is 18.8 Å². The van der Waals surface area contributed by atoms with Crippen LogP contribution in [0.5, 0.6) is 0 Å². The quantitative estimate of drug-likeness (QED) is 0.616. The van der Waals surface area contributed by atoms with Crippen molar-refractivity contribution in [3.05, 3.63) is 0 Å². The molecule has 0 atom stereocenters. The predicted octanol–water partition coefficient (Wildman–Crippen LogP) is 2.50. The molecule has 1 aliphatic rings. The highest BCUT2D eigenvalue weighted by atomic mass is 16.5. The Morgan fingerprint density at radius 2 is 1.89 bits per heavy atom. The number of carboxylic acids is 1. The number of nitrogens with zero attached hydrogens (tertiary/aromatic N) is 1. The smallest absolute Gasteiger partial charge is 0.306 e. The number of carboxylic acid groups (broad SMARTS) is 1. The molecule has 102 valence electrons. The van der Waals surface area contributed by atoms with Gasteiger partial charge in [0.25, 0.3) is 5.97 Å². The Labute approximate surface area is 108 Å². The van der Waals surface area contributed by atoms with Crippen LogP contribution in [0.25, 0.3) is 0 Å². The molecule has 0 aliphatic heterocycles. The normalized spacial score (nSPS) is 14.9. The molecule has 1 N–H and O–H groups in total. The summed E-state index contributed by atoms with van der Waals surface area (Å²) in [6.07, 6.45) is 6.97. The van der Waals surface area contributed by atoms with Crippen LogP contribution < -0.4 is 0 Å². The molecule has 0 spiro atoms. The van der Waals surface area contributed by atoms with Gasteiger partial charge < -0.3 is 9.84 Å². The van der Waals surface area contributed by atoms with E-state index in [1.54, 1.807) is 0 Å². The molecule has 0 aromatic carbocycles. The lowest BCUT2D eigenvalue weighted by Gasteiger charge is -2.20. The maximum absolute atomic E-state index is 11.3. The van der Waals surface area contributed by atoms with Crippen LogP contribution in [0.4, 0.5) is 0 Å². The first kappa shape index (κ1) is 16.4. The molecular weight excluding hydrogens is 234 g/mol. The number of hydrogen-bond donors (Lipinski definition) is 1. The summed E-state index contributed by atoms with van der Waals surface area (Å²) in [6, 6.07) is 1.95. The van der Waals surface area contributed by atoms with Crippen LogP contribution in [-0.4, -0.2) is 23.7 Å². The maximum atomic E-state index is 11.3. The van der Waals surface area contributed by atoms with Crippen molar-refractivity contribution in [2.45, 2.75) is 51.9 Å². The van der Waals surface area contributed by atoms with E-state index < -0.39 is 5.97 Å². The van der Waals surface area contributed by atoms with Crippen LogP contribution in [0.15, 0.2) is 0 Å². The van der Waals surface area contributed by atoms with E-state index in [4.69, 9.17) is 19.9 Å². The SMILES string of the molecule is CC(=O)O.N#CCCOC(=O)CC1CCCCC1. The van der Waals surface area contributed by atoms with Crippen LogP contribution >= 0.6 is 0 Å². The summed E-state index contributed by atoms with van der Waals surface area (Å²) in [6.45, 7) is 1.34. The zero-order valence-corrected chi connectivity index (χ0v) is 10.9. The molecule has 0 aromatic heterocycles. The van der Waals surface area contributed by atoms with Crippen LogP contribution in [-0.2, 0) is 14.3 Å². The van der Waals surface area contributed by atoms with Gasteiger partial charge in [-0.1, -0.05) is 19.3 Å². The van der Waals surface area contributed by atoms with Crippen LogP contribution in [0.2, 0.25) is 0 Å². The molecule has 0 amide bonds. The topological polar surface area (TPSA) is 87.4 Å². The van der Waals surface area contributed by atoms with E-state index >= 15 is 0 Å². The van der Waals surface area contributed by atoms with Gasteiger partial charge >= 0.3 is 5.97 Å². The summed E-state index contributed by atoms with van der Waals surface area (Å²) in [4.78, 5) is 20.3. The second kappa shape index (κ2) is 10.6. The van der Waals surface area contributed by atoms with Gasteiger partial charge in [-0.25, -0.2) is 0 Å². The van der Waals surface area contributed by atoms with Crippen molar-refractivity contribution in [3.63, 3.8) is 0 Å². The monoisotopic (exact) mass is 255 g/mol. The zero-order valence-electron chi connectivity index (χ0n) is 10.9. The first-order valence-corrected chi connectivity index (χ1v) is 6.28. The molecule has 0 radical (unpaired) electrons. The number of esters is 1. The second-order valence-corrected chi connectivity index (χ2v) is 4.36. The van der Waals surface area contributed by atoms with Crippen molar-refractivity contribution in [1.29, 1.82) is 5.26 Å². The van der Waals surface area contributed by atoms with E-state index in [1.807, 2.05) is 6.07 Å². The Morgan fingerprint density at radius 3 is 2.39 bits per heavy atom. The number of aliphatic carboxylic acids is 1. The molecular formula is C13H21NO4. The lowest BCUT2D eigenvalue weighted by molar-refractivity contribution is -0.144. The molecule has 5 nitrogen and oxygen atoms in total. The van der Waals surface area contributed by atoms with Gasteiger partial charge in [-0.15, -0.1) is 0 Å². The van der Waals surface area contributed by atoms with Crippen molar-refractivity contribution < 1.29 is 19.4 Å². The van der Waals surface area contributed by atoms with E-state index in [0.717, 1.165) is 19.8 Å². The Morgan fingerprint density at radius 1 is 1.33 bits per heavy atom. The van der Waals surface area contributed by atoms with E-state index in [2.05, 4.69) is 0 Å². The van der Waals surface area contributed by atoms with Crippen molar-refractivity contribution in [2.75, 3.05) is 6.61 Å². The minimum Gasteiger partial charge on any atom is -0.481 e. The van der Waals surface area contributed by atoms with E-state index in [9.17, 15) is 4.79 Å². The van der Waals surface area contributed by atoms with Gasteiger partial charge in [0, 0.05) is 13.3 Å². The first-order chi connectivity index (χ1) is 8.56. The fraction of sp³-hybridized carbons (Fsp3) is 0.769. The lowest BCUT2D eigenvalue weighted by Crippen LogP contribution is -2.14. The van der Waals surface area contributed by atoms with E-state index in [-0.39, 0.29) is 12.6 Å². The third kappa shape index (κ3) is 10.9. The number of ether oxygens (including phenoxy) is 1. The molecule has 5 heteroatoms. The molecule has 0 saturated heterocycles. The van der Waals surface area contributed by atoms with Gasteiger partial charge in [0.2, 0.25) is 0 Å². The predicted molar refractivity (Wildman–Crippen MR) is 65.7 cm³/mol. The van der Waals surface area contributed by atoms with E-state index in [1.165, 1.54) is 19.3 Å². The number of hydrogen-bond acceptors (Lipinski definition) is 4. The third-order valence-electron chi connectivity index (χ3n) is 2.66. The molecule has 18 heavy (non-hydrogen) atoms. The average Bonchev–Trinajstić information content (AvgIpc) is 2.30. The Balaban J connectivity index is 0.000000631. The summed E-state index contributed by atoms with van der Waals surface area (Å²) in [5, 5.41) is 15.7. The van der Waals surface area contributed by atoms with Crippen LogP contribution in [0.1, 0.15) is 51.9 Å².